The van der Waals surface area contributed by atoms with Gasteiger partial charge in [0.1, 0.15) is 10.7 Å². The maximum atomic E-state index is 13.2. The number of piperidine rings is 2. The first-order chi connectivity index (χ1) is 28.9. The second-order valence-corrected chi connectivity index (χ2v) is 16.7. The number of aryl methyl sites for hydroxylation is 1. The lowest BCUT2D eigenvalue weighted by atomic mass is 9.86. The summed E-state index contributed by atoms with van der Waals surface area (Å²) in [7, 11) is 3.44. The summed E-state index contributed by atoms with van der Waals surface area (Å²) in [5.74, 6) is 0.751. The van der Waals surface area contributed by atoms with Crippen molar-refractivity contribution >= 4 is 74.4 Å². The van der Waals surface area contributed by atoms with E-state index in [1.807, 2.05) is 43.8 Å². The summed E-state index contributed by atoms with van der Waals surface area (Å²) in [6.07, 6.45) is 5.04. The molecule has 0 saturated carbocycles. The molecule has 3 fully saturated rings. The fraction of sp³-hybridized carbons (Fsp3) is 0.476. The van der Waals surface area contributed by atoms with Crippen LogP contribution in [0.3, 0.4) is 0 Å². The molecule has 18 heteroatoms. The molecule has 3 atom stereocenters. The number of anilines is 4. The number of pyridine rings is 2. The molecular formula is C42H51ClN12O5. The van der Waals surface area contributed by atoms with Crippen LogP contribution in [0.15, 0.2) is 47.5 Å². The zero-order valence-electron chi connectivity index (χ0n) is 34.6. The molecule has 0 aliphatic carbocycles. The number of hydrogen-bond acceptors (Lipinski definition) is 13. The smallest absolute Gasteiger partial charge is 0.294 e. The Morgan fingerprint density at radius 1 is 1.03 bits per heavy atom. The average molecular weight is 839 g/mol. The first-order valence-corrected chi connectivity index (χ1v) is 21.0. The largest absolute Gasteiger partial charge is 0.478 e. The van der Waals surface area contributed by atoms with Crippen LogP contribution in [0.25, 0.3) is 21.9 Å². The molecule has 1 unspecified atom stereocenters. The number of fused-ring (bicyclic) bond motifs is 2. The van der Waals surface area contributed by atoms with Gasteiger partial charge in [-0.1, -0.05) is 30.7 Å². The van der Waals surface area contributed by atoms with E-state index in [1.165, 1.54) is 7.05 Å². The number of carbonyl (C=O) groups excluding carboxylic acids is 3. The van der Waals surface area contributed by atoms with Crippen molar-refractivity contribution in [3.8, 4) is 5.75 Å². The van der Waals surface area contributed by atoms with E-state index in [1.54, 1.807) is 23.0 Å². The van der Waals surface area contributed by atoms with Crippen molar-refractivity contribution in [2.45, 2.75) is 52.0 Å². The van der Waals surface area contributed by atoms with E-state index in [0.717, 1.165) is 74.5 Å². The number of likely N-dealkylation sites (N-methyl/N-ethyl adjacent to an activating group) is 1. The molecule has 7 heterocycles. The lowest BCUT2D eigenvalue weighted by Gasteiger charge is -2.42. The number of piperazine rings is 1. The van der Waals surface area contributed by atoms with Crippen molar-refractivity contribution in [3.05, 3.63) is 63.8 Å². The number of amides is 3. The molecule has 0 radical (unpaired) electrons. The number of carbonyl (C=O) groups is 3. The maximum Gasteiger partial charge on any atom is 0.294 e. The minimum absolute atomic E-state index is 0.0583. The van der Waals surface area contributed by atoms with Crippen LogP contribution < -0.4 is 36.0 Å². The Kier molecular flexibility index (Phi) is 11.6. The predicted molar refractivity (Wildman–Crippen MR) is 230 cm³/mol. The van der Waals surface area contributed by atoms with Crippen molar-refractivity contribution < 1.29 is 19.1 Å². The third-order valence-corrected chi connectivity index (χ3v) is 12.3. The Bertz CT molecular complexity index is 2510. The first kappa shape index (κ1) is 40.9. The molecule has 60 heavy (non-hydrogen) atoms. The lowest BCUT2D eigenvalue weighted by molar-refractivity contribution is -0.134. The van der Waals surface area contributed by atoms with Gasteiger partial charge < -0.3 is 25.2 Å². The van der Waals surface area contributed by atoms with Crippen LogP contribution >= 0.6 is 11.6 Å². The summed E-state index contributed by atoms with van der Waals surface area (Å²) in [6, 6.07) is 9.45. The minimum Gasteiger partial charge on any atom is -0.478 e. The summed E-state index contributed by atoms with van der Waals surface area (Å²) in [5, 5.41) is 15.0. The average Bonchev–Trinajstić information content (AvgIpc) is 3.57. The van der Waals surface area contributed by atoms with Gasteiger partial charge in [0.15, 0.2) is 18.2 Å². The Labute approximate surface area is 352 Å². The molecule has 8 rings (SSSR count). The number of rotatable bonds is 11. The van der Waals surface area contributed by atoms with Crippen molar-refractivity contribution in [2.24, 2.45) is 18.9 Å². The number of nitrogens with zero attached hydrogens (tertiary/aromatic N) is 9. The number of hydrogen-bond donors (Lipinski definition) is 3. The predicted octanol–water partition coefficient (Wildman–Crippen LogP) is 3.98. The summed E-state index contributed by atoms with van der Waals surface area (Å²) in [4.78, 5) is 70.9. The number of halogens is 1. The van der Waals surface area contributed by atoms with Gasteiger partial charge in [0.25, 0.3) is 11.5 Å². The zero-order valence-corrected chi connectivity index (χ0v) is 35.3. The van der Waals surface area contributed by atoms with E-state index in [-0.39, 0.29) is 41.7 Å². The van der Waals surface area contributed by atoms with E-state index in [0.29, 0.717) is 58.2 Å². The van der Waals surface area contributed by atoms with Crippen molar-refractivity contribution in [2.75, 3.05) is 74.6 Å². The van der Waals surface area contributed by atoms with Gasteiger partial charge in [0, 0.05) is 83.1 Å². The van der Waals surface area contributed by atoms with E-state index in [9.17, 15) is 19.2 Å². The van der Waals surface area contributed by atoms with Crippen molar-refractivity contribution in [3.63, 3.8) is 0 Å². The quantitative estimate of drug-likeness (QED) is 0.163. The summed E-state index contributed by atoms with van der Waals surface area (Å²) in [5.41, 5.74) is 3.61. The van der Waals surface area contributed by atoms with Gasteiger partial charge in [0.2, 0.25) is 17.8 Å². The summed E-state index contributed by atoms with van der Waals surface area (Å²) >= 11 is 6.62. The molecule has 4 aromatic heterocycles. The Balaban J connectivity index is 0.895. The van der Waals surface area contributed by atoms with Gasteiger partial charge in [0.05, 0.1) is 40.9 Å². The van der Waals surface area contributed by atoms with Crippen LogP contribution in [0, 0.1) is 11.8 Å². The molecular weight excluding hydrogens is 788 g/mol. The number of aromatic nitrogens is 6. The van der Waals surface area contributed by atoms with Crippen LogP contribution in [-0.4, -0.2) is 111 Å². The highest BCUT2D eigenvalue weighted by molar-refractivity contribution is 6.33. The zero-order chi connectivity index (χ0) is 42.2. The molecule has 3 saturated heterocycles. The van der Waals surface area contributed by atoms with Gasteiger partial charge >= 0.3 is 0 Å². The maximum absolute atomic E-state index is 13.2. The van der Waals surface area contributed by atoms with E-state index in [2.05, 4.69) is 53.6 Å². The van der Waals surface area contributed by atoms with Gasteiger partial charge in [-0.2, -0.15) is 10.1 Å². The lowest BCUT2D eigenvalue weighted by Crippen LogP contribution is -2.50. The van der Waals surface area contributed by atoms with Crippen molar-refractivity contribution in [1.82, 2.24) is 44.8 Å². The van der Waals surface area contributed by atoms with Gasteiger partial charge in [-0.25, -0.2) is 9.97 Å². The second-order valence-electron chi connectivity index (χ2n) is 16.3. The molecule has 1 aromatic carbocycles. The fourth-order valence-electron chi connectivity index (χ4n) is 8.76. The van der Waals surface area contributed by atoms with Crippen LogP contribution in [0.4, 0.5) is 23.1 Å². The molecule has 316 valence electrons. The normalized spacial score (nSPS) is 20.2. The molecule has 0 bridgehead atoms. The van der Waals surface area contributed by atoms with E-state index < -0.39 is 5.92 Å². The topological polar surface area (TPSA) is 185 Å². The number of nitrogens with one attached hydrogen (secondary N) is 3. The number of ether oxygens (including phenoxy) is 1. The van der Waals surface area contributed by atoms with E-state index in [4.69, 9.17) is 26.4 Å². The molecule has 5 aromatic rings. The summed E-state index contributed by atoms with van der Waals surface area (Å²) in [6.45, 7) is 12.1. The highest BCUT2D eigenvalue weighted by atomic mass is 35.5. The van der Waals surface area contributed by atoms with Gasteiger partial charge in [-0.3, -0.25) is 38.6 Å². The van der Waals surface area contributed by atoms with Gasteiger partial charge in [-0.15, -0.1) is 0 Å². The fourth-order valence-corrected chi connectivity index (χ4v) is 8.90. The Morgan fingerprint density at radius 2 is 1.83 bits per heavy atom. The van der Waals surface area contributed by atoms with Crippen molar-refractivity contribution in [1.29, 1.82) is 0 Å². The standard InChI is InChI=1S/C42H51ClN12O5/c1-24(2)55-39-27(18-33(41(55)59)60-23-35(57)44-4)17-28(19-45-39)47-38-31(43)20-46-42(49-38)54-12-11-26(25(3)21-54)22-52-13-15-53(16-14-52)32-8-6-7-29-36(50-51(5)37(29)32)30-9-10-34(56)48-40(30)58/h6-8,17-20,24-26,30H,9-16,21-23H2,1-5H3,(H,44,57)(H,46,47,49)(H,48,56,58)/t25-,26-,30?/m1/s1. The Morgan fingerprint density at radius 3 is 2.57 bits per heavy atom. The number of para-hydroxylation sites is 1. The molecule has 3 aliphatic rings. The first-order valence-electron chi connectivity index (χ1n) is 20.6. The SMILES string of the molecule is CNC(=O)COc1cc2cc(Nc3nc(N4CC[C@H](CN5CCN(c6cccc7c(C8CCC(=O)NC8=O)nn(C)c67)CC5)[C@H](C)C4)ncc3Cl)cnc2n(C(C)C)c1=O. The summed E-state index contributed by atoms with van der Waals surface area (Å²) < 4.78 is 9.03. The van der Waals surface area contributed by atoms with Gasteiger partial charge in [-0.05, 0) is 56.7 Å². The number of benzene rings is 1. The van der Waals surface area contributed by atoms with Crippen LogP contribution in [0.2, 0.25) is 5.02 Å². The second kappa shape index (κ2) is 17.0. The highest BCUT2D eigenvalue weighted by Gasteiger charge is 2.34. The molecule has 3 aliphatic heterocycles. The third-order valence-electron chi connectivity index (χ3n) is 12.0. The minimum atomic E-state index is -0.432. The van der Waals surface area contributed by atoms with E-state index >= 15 is 0 Å². The van der Waals surface area contributed by atoms with Crippen LogP contribution in [0.1, 0.15) is 57.7 Å². The Hall–Kier alpha value is -5.81. The molecule has 0 spiro atoms. The molecule has 3 N–H and O–H groups in total. The molecule has 17 nitrogen and oxygen atoms in total. The molecule has 3 amide bonds. The van der Waals surface area contributed by atoms with Crippen LogP contribution in [0.5, 0.6) is 5.75 Å². The van der Waals surface area contributed by atoms with Crippen LogP contribution in [-0.2, 0) is 21.4 Å². The number of imide groups is 1. The monoisotopic (exact) mass is 838 g/mol. The third kappa shape index (κ3) is 8.19. The highest BCUT2D eigenvalue weighted by Crippen LogP contribution is 2.36.